The topological polar surface area (TPSA) is 44.4 Å². The van der Waals surface area contributed by atoms with Crippen LogP contribution in [0, 0.1) is 0 Å². The van der Waals surface area contributed by atoms with Crippen LogP contribution in [0.2, 0.25) is 5.02 Å². The first-order valence-corrected chi connectivity index (χ1v) is 7.47. The second-order valence-electron chi connectivity index (χ2n) is 5.10. The average molecular weight is 296 g/mol. The molecule has 110 valence electrons. The lowest BCUT2D eigenvalue weighted by Crippen LogP contribution is -2.49. The van der Waals surface area contributed by atoms with Crippen molar-refractivity contribution >= 4 is 23.2 Å². The summed E-state index contributed by atoms with van der Waals surface area (Å²) in [5, 5.41) is 6.65. The van der Waals surface area contributed by atoms with Crippen LogP contribution in [0.4, 0.5) is 5.69 Å². The van der Waals surface area contributed by atoms with E-state index < -0.39 is 0 Å². The van der Waals surface area contributed by atoms with Crippen LogP contribution in [-0.2, 0) is 11.3 Å². The summed E-state index contributed by atoms with van der Waals surface area (Å²) in [6.45, 7) is 1.62. The van der Waals surface area contributed by atoms with Gasteiger partial charge in [-0.3, -0.25) is 4.79 Å². The Bertz CT molecular complexity index is 478. The van der Waals surface area contributed by atoms with Crippen molar-refractivity contribution in [2.45, 2.75) is 31.8 Å². The molecule has 1 fully saturated rings. The molecule has 0 bridgehead atoms. The third kappa shape index (κ3) is 3.07. The summed E-state index contributed by atoms with van der Waals surface area (Å²) in [6, 6.07) is 5.79. The van der Waals surface area contributed by atoms with E-state index in [-0.39, 0.29) is 11.9 Å². The van der Waals surface area contributed by atoms with Crippen molar-refractivity contribution in [3.05, 3.63) is 28.8 Å². The van der Waals surface area contributed by atoms with Crippen LogP contribution in [0.25, 0.3) is 0 Å². The van der Waals surface area contributed by atoms with Gasteiger partial charge in [-0.05, 0) is 37.9 Å². The van der Waals surface area contributed by atoms with Gasteiger partial charge in [-0.15, -0.1) is 0 Å². The fourth-order valence-corrected chi connectivity index (χ4v) is 3.16. The normalized spacial score (nSPS) is 18.9. The SMILES string of the molecule is CNCc1cccc(Cl)c1N1CCCCC1C(=O)NC. The van der Waals surface area contributed by atoms with Crippen molar-refractivity contribution in [3.8, 4) is 0 Å². The molecule has 1 aliphatic heterocycles. The Morgan fingerprint density at radius 2 is 2.20 bits per heavy atom. The minimum absolute atomic E-state index is 0.0695. The molecule has 0 aromatic heterocycles. The Morgan fingerprint density at radius 3 is 2.90 bits per heavy atom. The molecular weight excluding hydrogens is 274 g/mol. The number of hydrogen-bond donors (Lipinski definition) is 2. The highest BCUT2D eigenvalue weighted by Gasteiger charge is 2.30. The van der Waals surface area contributed by atoms with Crippen molar-refractivity contribution in [3.63, 3.8) is 0 Å². The van der Waals surface area contributed by atoms with E-state index in [0.29, 0.717) is 5.02 Å². The number of benzene rings is 1. The molecule has 1 heterocycles. The highest BCUT2D eigenvalue weighted by Crippen LogP contribution is 2.34. The van der Waals surface area contributed by atoms with E-state index in [2.05, 4.69) is 21.6 Å². The van der Waals surface area contributed by atoms with E-state index >= 15 is 0 Å². The van der Waals surface area contributed by atoms with Crippen LogP contribution < -0.4 is 15.5 Å². The Labute approximate surface area is 125 Å². The predicted molar refractivity (Wildman–Crippen MR) is 83.3 cm³/mol. The van der Waals surface area contributed by atoms with Crippen molar-refractivity contribution in [2.24, 2.45) is 0 Å². The van der Waals surface area contributed by atoms with Crippen LogP contribution in [0.5, 0.6) is 0 Å². The highest BCUT2D eigenvalue weighted by molar-refractivity contribution is 6.33. The minimum atomic E-state index is -0.121. The van der Waals surface area contributed by atoms with Gasteiger partial charge in [0.25, 0.3) is 0 Å². The predicted octanol–water partition coefficient (Wildman–Crippen LogP) is 2.16. The number of hydrogen-bond acceptors (Lipinski definition) is 3. The van der Waals surface area contributed by atoms with Gasteiger partial charge < -0.3 is 15.5 Å². The van der Waals surface area contributed by atoms with Gasteiger partial charge in [0.1, 0.15) is 6.04 Å². The molecule has 1 aromatic rings. The zero-order valence-corrected chi connectivity index (χ0v) is 12.8. The van der Waals surface area contributed by atoms with E-state index in [4.69, 9.17) is 11.6 Å². The van der Waals surface area contributed by atoms with Crippen LogP contribution in [0.1, 0.15) is 24.8 Å². The molecule has 1 saturated heterocycles. The second kappa shape index (κ2) is 6.95. The summed E-state index contributed by atoms with van der Waals surface area (Å²) in [5.74, 6) is 0.0695. The Kier molecular flexibility index (Phi) is 5.26. The van der Waals surface area contributed by atoms with E-state index in [9.17, 15) is 4.79 Å². The second-order valence-corrected chi connectivity index (χ2v) is 5.50. The Balaban J connectivity index is 2.39. The maximum Gasteiger partial charge on any atom is 0.242 e. The van der Waals surface area contributed by atoms with E-state index in [1.54, 1.807) is 7.05 Å². The first-order chi connectivity index (χ1) is 9.69. The summed E-state index contributed by atoms with van der Waals surface area (Å²) < 4.78 is 0. The van der Waals surface area contributed by atoms with Crippen molar-refractivity contribution in [1.29, 1.82) is 0 Å². The third-order valence-electron chi connectivity index (χ3n) is 3.78. The van der Waals surface area contributed by atoms with Crippen LogP contribution in [0.3, 0.4) is 0 Å². The molecule has 1 aliphatic rings. The fourth-order valence-electron chi connectivity index (χ4n) is 2.85. The Morgan fingerprint density at radius 1 is 1.40 bits per heavy atom. The summed E-state index contributed by atoms with van der Waals surface area (Å²) >= 11 is 6.41. The quantitative estimate of drug-likeness (QED) is 0.895. The number of carbonyl (C=O) groups is 1. The number of amides is 1. The summed E-state index contributed by atoms with van der Waals surface area (Å²) in [7, 11) is 3.60. The van der Waals surface area contributed by atoms with Gasteiger partial charge in [-0.25, -0.2) is 0 Å². The number of piperidine rings is 1. The number of rotatable bonds is 4. The third-order valence-corrected chi connectivity index (χ3v) is 4.08. The van der Waals surface area contributed by atoms with Crippen molar-refractivity contribution in [1.82, 2.24) is 10.6 Å². The van der Waals surface area contributed by atoms with Gasteiger partial charge in [0, 0.05) is 20.1 Å². The first kappa shape index (κ1) is 15.1. The molecule has 2 N–H and O–H groups in total. The summed E-state index contributed by atoms with van der Waals surface area (Å²) in [6.07, 6.45) is 3.06. The monoisotopic (exact) mass is 295 g/mol. The zero-order chi connectivity index (χ0) is 14.5. The zero-order valence-electron chi connectivity index (χ0n) is 12.1. The van der Waals surface area contributed by atoms with E-state index in [1.165, 1.54) is 0 Å². The summed E-state index contributed by atoms with van der Waals surface area (Å²) in [5.41, 5.74) is 2.13. The van der Waals surface area contributed by atoms with Gasteiger partial charge in [0.15, 0.2) is 0 Å². The van der Waals surface area contributed by atoms with E-state index in [1.807, 2.05) is 19.2 Å². The van der Waals surface area contributed by atoms with Gasteiger partial charge >= 0.3 is 0 Å². The molecule has 4 nitrogen and oxygen atoms in total. The number of halogens is 1. The van der Waals surface area contributed by atoms with Crippen LogP contribution in [-0.4, -0.2) is 32.6 Å². The molecule has 0 saturated carbocycles. The van der Waals surface area contributed by atoms with Crippen LogP contribution in [0.15, 0.2) is 18.2 Å². The number of nitrogens with zero attached hydrogens (tertiary/aromatic N) is 1. The van der Waals surface area contributed by atoms with Crippen LogP contribution >= 0.6 is 11.6 Å². The van der Waals surface area contributed by atoms with Crippen molar-refractivity contribution < 1.29 is 4.79 Å². The first-order valence-electron chi connectivity index (χ1n) is 7.09. The number of anilines is 1. The fraction of sp³-hybridized carbons (Fsp3) is 0.533. The number of likely N-dealkylation sites (N-methyl/N-ethyl adjacent to an activating group) is 1. The van der Waals surface area contributed by atoms with Gasteiger partial charge in [0.05, 0.1) is 10.7 Å². The smallest absolute Gasteiger partial charge is 0.242 e. The van der Waals surface area contributed by atoms with Gasteiger partial charge in [-0.1, -0.05) is 23.7 Å². The standard InChI is InChI=1S/C15H22ClN3O/c1-17-10-11-6-5-7-12(16)14(11)19-9-4-3-8-13(19)15(20)18-2/h5-7,13,17H,3-4,8-10H2,1-2H3,(H,18,20). The molecule has 0 radical (unpaired) electrons. The number of nitrogens with one attached hydrogen (secondary N) is 2. The molecule has 0 spiro atoms. The maximum atomic E-state index is 12.1. The lowest BCUT2D eigenvalue weighted by Gasteiger charge is -2.38. The average Bonchev–Trinajstić information content (AvgIpc) is 2.47. The molecule has 2 rings (SSSR count). The minimum Gasteiger partial charge on any atom is -0.358 e. The van der Waals surface area contributed by atoms with Crippen molar-refractivity contribution in [2.75, 3.05) is 25.5 Å². The largest absolute Gasteiger partial charge is 0.358 e. The Hall–Kier alpha value is -1.26. The number of para-hydroxylation sites is 1. The lowest BCUT2D eigenvalue weighted by molar-refractivity contribution is -0.122. The molecule has 0 aliphatic carbocycles. The van der Waals surface area contributed by atoms with Gasteiger partial charge in [0.2, 0.25) is 5.91 Å². The number of carbonyl (C=O) groups excluding carboxylic acids is 1. The highest BCUT2D eigenvalue weighted by atomic mass is 35.5. The molecule has 1 unspecified atom stereocenters. The molecule has 20 heavy (non-hydrogen) atoms. The van der Waals surface area contributed by atoms with Gasteiger partial charge in [-0.2, -0.15) is 0 Å². The molecule has 1 aromatic carbocycles. The molecule has 1 amide bonds. The van der Waals surface area contributed by atoms with E-state index in [0.717, 1.165) is 43.6 Å². The summed E-state index contributed by atoms with van der Waals surface area (Å²) in [4.78, 5) is 14.3. The molecule has 1 atom stereocenters. The lowest BCUT2D eigenvalue weighted by atomic mass is 9.99. The molecule has 5 heteroatoms. The maximum absolute atomic E-state index is 12.1. The molecular formula is C15H22ClN3O.